The predicted octanol–water partition coefficient (Wildman–Crippen LogP) is 0.478. The summed E-state index contributed by atoms with van der Waals surface area (Å²) in [6.45, 7) is 1.30. The second kappa shape index (κ2) is 4.75. The molecular formula is C13H15FN2O4S. The molecule has 0 unspecified atom stereocenters. The molecule has 0 aromatic heterocycles. The first-order chi connectivity index (χ1) is 9.83. The maximum Gasteiger partial charge on any atom is 0.257 e. The molecule has 1 aliphatic carbocycles. The van der Waals surface area contributed by atoms with Gasteiger partial charge in [-0.15, -0.1) is 0 Å². The van der Waals surface area contributed by atoms with Crippen LogP contribution >= 0.6 is 0 Å². The number of carbonyl (C=O) groups excluding carboxylic acids is 1. The van der Waals surface area contributed by atoms with E-state index in [1.165, 1.54) is 6.07 Å². The Bertz CT molecular complexity index is 700. The van der Waals surface area contributed by atoms with E-state index in [-0.39, 0.29) is 16.0 Å². The van der Waals surface area contributed by atoms with Gasteiger partial charge in [0.05, 0.1) is 29.2 Å². The molecule has 0 atom stereocenters. The summed E-state index contributed by atoms with van der Waals surface area (Å²) in [4.78, 5) is 13.8. The van der Waals surface area contributed by atoms with Crippen molar-refractivity contribution in [1.29, 1.82) is 0 Å². The number of carbonyl (C=O) groups is 1. The van der Waals surface area contributed by atoms with Gasteiger partial charge in [-0.05, 0) is 31.0 Å². The van der Waals surface area contributed by atoms with Crippen molar-refractivity contribution in [1.82, 2.24) is 4.90 Å². The third-order valence-corrected chi connectivity index (χ3v) is 4.89. The van der Waals surface area contributed by atoms with Crippen LogP contribution in [-0.2, 0) is 14.8 Å². The lowest BCUT2D eigenvalue weighted by Crippen LogP contribution is -2.50. The number of nitrogens with two attached hydrogens (primary N) is 1. The molecule has 2 fully saturated rings. The quantitative estimate of drug-likeness (QED) is 0.859. The SMILES string of the molecule is NS(=O)(=O)c1ccc(C(=O)N2CCOCC23CC3)c(F)c1. The van der Waals surface area contributed by atoms with Gasteiger partial charge < -0.3 is 9.64 Å². The van der Waals surface area contributed by atoms with Crippen molar-refractivity contribution in [2.75, 3.05) is 19.8 Å². The van der Waals surface area contributed by atoms with Crippen LogP contribution in [0.4, 0.5) is 4.39 Å². The highest BCUT2D eigenvalue weighted by atomic mass is 32.2. The van der Waals surface area contributed by atoms with Gasteiger partial charge in [-0.1, -0.05) is 0 Å². The Hall–Kier alpha value is -1.51. The molecule has 2 N–H and O–H groups in total. The van der Waals surface area contributed by atoms with Gasteiger partial charge >= 0.3 is 0 Å². The van der Waals surface area contributed by atoms with Gasteiger partial charge in [0.1, 0.15) is 5.82 Å². The fourth-order valence-electron chi connectivity index (χ4n) is 2.60. The van der Waals surface area contributed by atoms with Gasteiger partial charge in [0, 0.05) is 6.54 Å². The van der Waals surface area contributed by atoms with Crippen LogP contribution in [0.2, 0.25) is 0 Å². The van der Waals surface area contributed by atoms with Crippen LogP contribution in [0.3, 0.4) is 0 Å². The first kappa shape index (κ1) is 14.4. The van der Waals surface area contributed by atoms with Crippen molar-refractivity contribution in [2.24, 2.45) is 5.14 Å². The van der Waals surface area contributed by atoms with E-state index >= 15 is 0 Å². The normalized spacial score (nSPS) is 20.6. The number of primary sulfonamides is 1. The predicted molar refractivity (Wildman–Crippen MR) is 71.6 cm³/mol. The minimum absolute atomic E-state index is 0.143. The first-order valence-corrected chi connectivity index (χ1v) is 8.10. The topological polar surface area (TPSA) is 89.7 Å². The number of hydrogen-bond donors (Lipinski definition) is 1. The van der Waals surface area contributed by atoms with Crippen LogP contribution < -0.4 is 5.14 Å². The molecule has 8 heteroatoms. The molecule has 1 saturated carbocycles. The zero-order valence-electron chi connectivity index (χ0n) is 11.2. The van der Waals surface area contributed by atoms with Crippen LogP contribution in [0.25, 0.3) is 0 Å². The number of nitrogens with zero attached hydrogens (tertiary/aromatic N) is 1. The summed E-state index contributed by atoms with van der Waals surface area (Å²) in [7, 11) is -3.99. The Morgan fingerprint density at radius 1 is 1.38 bits per heavy atom. The van der Waals surface area contributed by atoms with Crippen molar-refractivity contribution in [2.45, 2.75) is 23.3 Å². The van der Waals surface area contributed by atoms with Gasteiger partial charge in [-0.3, -0.25) is 4.79 Å². The van der Waals surface area contributed by atoms with Gasteiger partial charge in [0.25, 0.3) is 5.91 Å². The number of rotatable bonds is 2. The molecule has 1 spiro atoms. The average Bonchev–Trinajstić information content (AvgIpc) is 3.17. The number of benzene rings is 1. The molecule has 1 aromatic rings. The van der Waals surface area contributed by atoms with Gasteiger partial charge in [0.15, 0.2) is 0 Å². The van der Waals surface area contributed by atoms with Crippen molar-refractivity contribution < 1.29 is 22.3 Å². The summed E-state index contributed by atoms with van der Waals surface area (Å²) in [6, 6.07) is 3.09. The standard InChI is InChI=1S/C13H15FN2O4S/c14-11-7-9(21(15,18)19)1-2-10(11)12(17)16-5-6-20-8-13(16)3-4-13/h1-2,7H,3-6,8H2,(H2,15,18,19). The number of morpholine rings is 1. The highest BCUT2D eigenvalue weighted by Crippen LogP contribution is 2.44. The van der Waals surface area contributed by atoms with E-state index in [1.54, 1.807) is 4.90 Å². The van der Waals surface area contributed by atoms with Crippen LogP contribution in [0.15, 0.2) is 23.1 Å². The summed E-state index contributed by atoms with van der Waals surface area (Å²) in [5, 5.41) is 4.94. The smallest absolute Gasteiger partial charge is 0.257 e. The van der Waals surface area contributed by atoms with Crippen molar-refractivity contribution in [3.05, 3.63) is 29.6 Å². The summed E-state index contributed by atoms with van der Waals surface area (Å²) in [5.41, 5.74) is -0.448. The summed E-state index contributed by atoms with van der Waals surface area (Å²) >= 11 is 0. The molecule has 114 valence electrons. The first-order valence-electron chi connectivity index (χ1n) is 6.56. The molecule has 1 saturated heterocycles. The second-order valence-electron chi connectivity index (χ2n) is 5.42. The van der Waals surface area contributed by atoms with E-state index in [9.17, 15) is 17.6 Å². The minimum atomic E-state index is -3.99. The van der Waals surface area contributed by atoms with E-state index < -0.39 is 21.7 Å². The zero-order chi connectivity index (χ0) is 15.3. The minimum Gasteiger partial charge on any atom is -0.377 e. The molecule has 2 aliphatic rings. The number of halogens is 1. The van der Waals surface area contributed by atoms with E-state index in [1.807, 2.05) is 0 Å². The lowest BCUT2D eigenvalue weighted by atomic mass is 10.1. The molecule has 0 bridgehead atoms. The molecule has 3 rings (SSSR count). The number of hydrogen-bond acceptors (Lipinski definition) is 4. The Morgan fingerprint density at radius 2 is 2.10 bits per heavy atom. The van der Waals surface area contributed by atoms with Crippen LogP contribution in [0.5, 0.6) is 0 Å². The maximum atomic E-state index is 14.1. The fraction of sp³-hybridized carbons (Fsp3) is 0.462. The van der Waals surface area contributed by atoms with E-state index in [4.69, 9.17) is 9.88 Å². The molecule has 1 amide bonds. The lowest BCUT2D eigenvalue weighted by Gasteiger charge is -2.36. The van der Waals surface area contributed by atoms with Crippen molar-refractivity contribution in [3.8, 4) is 0 Å². The molecule has 1 heterocycles. The lowest BCUT2D eigenvalue weighted by molar-refractivity contribution is -0.0119. The van der Waals surface area contributed by atoms with E-state index in [0.717, 1.165) is 25.0 Å². The zero-order valence-corrected chi connectivity index (χ0v) is 12.0. The molecule has 21 heavy (non-hydrogen) atoms. The van der Waals surface area contributed by atoms with Crippen molar-refractivity contribution >= 4 is 15.9 Å². The molecule has 1 aliphatic heterocycles. The highest BCUT2D eigenvalue weighted by Gasteiger charge is 2.52. The van der Waals surface area contributed by atoms with Gasteiger partial charge in [-0.2, -0.15) is 0 Å². The van der Waals surface area contributed by atoms with Crippen molar-refractivity contribution in [3.63, 3.8) is 0 Å². The Balaban J connectivity index is 1.92. The number of sulfonamides is 1. The second-order valence-corrected chi connectivity index (χ2v) is 6.98. The van der Waals surface area contributed by atoms with Crippen LogP contribution in [0.1, 0.15) is 23.2 Å². The summed E-state index contributed by atoms with van der Waals surface area (Å²) in [5.74, 6) is -1.32. The largest absolute Gasteiger partial charge is 0.377 e. The van der Waals surface area contributed by atoms with Gasteiger partial charge in [0.2, 0.25) is 10.0 Å². The average molecular weight is 314 g/mol. The summed E-state index contributed by atoms with van der Waals surface area (Å²) < 4.78 is 41.8. The number of amides is 1. The Kier molecular flexibility index (Phi) is 3.27. The molecule has 1 aromatic carbocycles. The Morgan fingerprint density at radius 3 is 2.67 bits per heavy atom. The van der Waals surface area contributed by atoms with E-state index in [2.05, 4.69) is 0 Å². The number of ether oxygens (including phenoxy) is 1. The summed E-state index contributed by atoms with van der Waals surface area (Å²) in [6.07, 6.45) is 1.69. The van der Waals surface area contributed by atoms with Crippen LogP contribution in [-0.4, -0.2) is 44.5 Å². The van der Waals surface area contributed by atoms with Gasteiger partial charge in [-0.25, -0.2) is 17.9 Å². The third kappa shape index (κ3) is 2.54. The van der Waals surface area contributed by atoms with Crippen LogP contribution in [0, 0.1) is 5.82 Å². The molecular weight excluding hydrogens is 299 g/mol. The molecule has 0 radical (unpaired) electrons. The Labute approximate surface area is 121 Å². The highest BCUT2D eigenvalue weighted by molar-refractivity contribution is 7.89. The monoisotopic (exact) mass is 314 g/mol. The fourth-order valence-corrected chi connectivity index (χ4v) is 3.13. The van der Waals surface area contributed by atoms with E-state index in [0.29, 0.717) is 19.8 Å². The molecule has 6 nitrogen and oxygen atoms in total. The third-order valence-electron chi connectivity index (χ3n) is 3.97. The maximum absolute atomic E-state index is 14.1.